The molecule has 0 amide bonds. The fourth-order valence-electron chi connectivity index (χ4n) is 2.73. The lowest BCUT2D eigenvalue weighted by Gasteiger charge is -2.19. The van der Waals surface area contributed by atoms with Gasteiger partial charge in [-0.1, -0.05) is 57.0 Å². The highest BCUT2D eigenvalue weighted by molar-refractivity contribution is 4.72. The lowest BCUT2D eigenvalue weighted by molar-refractivity contribution is -0.107. The van der Waals surface area contributed by atoms with E-state index in [0.717, 1.165) is 12.8 Å². The van der Waals surface area contributed by atoms with Gasteiger partial charge in [-0.05, 0) is 31.2 Å². The van der Waals surface area contributed by atoms with Crippen LogP contribution in [0.15, 0.2) is 5.11 Å². The number of methoxy groups -OCH3 is 2. The maximum Gasteiger partial charge on any atom is 0.156 e. The van der Waals surface area contributed by atoms with Crippen LogP contribution in [0.5, 0.6) is 0 Å². The highest BCUT2D eigenvalue weighted by Crippen LogP contribution is 2.17. The molecule has 0 bridgehead atoms. The Morgan fingerprint density at radius 2 is 1.57 bits per heavy atom. The smallest absolute Gasteiger partial charge is 0.156 e. The van der Waals surface area contributed by atoms with Crippen LogP contribution in [0.25, 0.3) is 10.4 Å². The number of hydrogen-bond donors (Lipinski definition) is 1. The Hall–Kier alpha value is -0.810. The van der Waals surface area contributed by atoms with Crippen LogP contribution in [0.1, 0.15) is 77.6 Å². The quantitative estimate of drug-likeness (QED) is 0.143. The first-order valence-electron chi connectivity index (χ1n) is 8.95. The van der Waals surface area contributed by atoms with E-state index in [1.807, 2.05) is 0 Å². The van der Waals surface area contributed by atoms with Crippen molar-refractivity contribution < 1.29 is 14.6 Å². The standard InChI is InChI=1S/C17H35N3O3/c1-4-5-6-7-8-9-10-11-16(21)14-15(19-20-18)12-13-17(22-2)23-3/h15-17,21H,4-14H2,1-3H3/t15-,16+/m0/s1. The number of azide groups is 1. The van der Waals surface area contributed by atoms with Gasteiger partial charge in [0.15, 0.2) is 6.29 Å². The van der Waals surface area contributed by atoms with Crippen molar-refractivity contribution in [2.45, 2.75) is 96.0 Å². The minimum Gasteiger partial charge on any atom is -0.393 e. The Kier molecular flexibility index (Phi) is 15.5. The van der Waals surface area contributed by atoms with Gasteiger partial charge in [0.2, 0.25) is 0 Å². The maximum absolute atomic E-state index is 10.1. The van der Waals surface area contributed by atoms with E-state index < -0.39 is 6.10 Å². The van der Waals surface area contributed by atoms with Gasteiger partial charge in [0.25, 0.3) is 0 Å². The van der Waals surface area contributed by atoms with Gasteiger partial charge in [0.1, 0.15) is 0 Å². The molecule has 0 aliphatic rings. The number of unbranched alkanes of at least 4 members (excludes halogenated alkanes) is 6. The zero-order valence-corrected chi connectivity index (χ0v) is 15.1. The fraction of sp³-hybridized carbons (Fsp3) is 1.00. The van der Waals surface area contributed by atoms with Crippen molar-refractivity contribution in [2.24, 2.45) is 5.11 Å². The van der Waals surface area contributed by atoms with Crippen molar-refractivity contribution in [1.29, 1.82) is 0 Å². The molecule has 2 atom stereocenters. The average Bonchev–Trinajstić information content (AvgIpc) is 2.55. The van der Waals surface area contributed by atoms with Crippen LogP contribution in [-0.2, 0) is 9.47 Å². The molecule has 0 aromatic heterocycles. The van der Waals surface area contributed by atoms with Crippen LogP contribution >= 0.6 is 0 Å². The van der Waals surface area contributed by atoms with E-state index >= 15 is 0 Å². The van der Waals surface area contributed by atoms with Gasteiger partial charge in [0.05, 0.1) is 6.10 Å². The summed E-state index contributed by atoms with van der Waals surface area (Å²) in [5, 5.41) is 13.9. The predicted octanol–water partition coefficient (Wildman–Crippen LogP) is 4.96. The van der Waals surface area contributed by atoms with Gasteiger partial charge in [-0.2, -0.15) is 0 Å². The molecule has 6 nitrogen and oxygen atoms in total. The van der Waals surface area contributed by atoms with E-state index in [9.17, 15) is 5.11 Å². The highest BCUT2D eigenvalue weighted by atomic mass is 16.7. The van der Waals surface area contributed by atoms with Crippen molar-refractivity contribution in [3.8, 4) is 0 Å². The first kappa shape index (κ1) is 22.2. The van der Waals surface area contributed by atoms with Crippen LogP contribution in [0, 0.1) is 0 Å². The molecule has 0 fully saturated rings. The number of hydrogen-bond acceptors (Lipinski definition) is 4. The molecular formula is C17H35N3O3. The van der Waals surface area contributed by atoms with E-state index in [-0.39, 0.29) is 12.3 Å². The molecule has 0 aliphatic carbocycles. The molecule has 1 N–H and O–H groups in total. The Morgan fingerprint density at radius 3 is 2.13 bits per heavy atom. The molecule has 23 heavy (non-hydrogen) atoms. The van der Waals surface area contributed by atoms with E-state index in [1.54, 1.807) is 14.2 Å². The third kappa shape index (κ3) is 13.3. The molecule has 0 radical (unpaired) electrons. The van der Waals surface area contributed by atoms with Gasteiger partial charge in [-0.25, -0.2) is 0 Å². The second-order valence-electron chi connectivity index (χ2n) is 6.14. The average molecular weight is 329 g/mol. The summed E-state index contributed by atoms with van der Waals surface area (Å²) >= 11 is 0. The van der Waals surface area contributed by atoms with Crippen molar-refractivity contribution in [3.05, 3.63) is 10.4 Å². The minimum absolute atomic E-state index is 0.202. The van der Waals surface area contributed by atoms with E-state index in [2.05, 4.69) is 16.9 Å². The molecule has 0 aliphatic heterocycles. The third-order valence-corrected chi connectivity index (χ3v) is 4.16. The van der Waals surface area contributed by atoms with E-state index in [0.29, 0.717) is 19.3 Å². The third-order valence-electron chi connectivity index (χ3n) is 4.16. The molecule has 0 rings (SSSR count). The second-order valence-corrected chi connectivity index (χ2v) is 6.14. The lowest BCUT2D eigenvalue weighted by atomic mass is 10.00. The van der Waals surface area contributed by atoms with Gasteiger partial charge < -0.3 is 14.6 Å². The van der Waals surface area contributed by atoms with Crippen LogP contribution in [-0.4, -0.2) is 37.8 Å². The monoisotopic (exact) mass is 329 g/mol. The van der Waals surface area contributed by atoms with Crippen molar-refractivity contribution in [1.82, 2.24) is 0 Å². The largest absolute Gasteiger partial charge is 0.393 e. The number of aliphatic hydroxyl groups excluding tert-OH is 1. The summed E-state index contributed by atoms with van der Waals surface area (Å²) in [6.07, 6.45) is 10.6. The fourth-order valence-corrected chi connectivity index (χ4v) is 2.73. The summed E-state index contributed by atoms with van der Waals surface area (Å²) in [5.41, 5.74) is 8.66. The summed E-state index contributed by atoms with van der Waals surface area (Å²) in [7, 11) is 3.18. The molecule has 0 saturated carbocycles. The van der Waals surface area contributed by atoms with Crippen LogP contribution < -0.4 is 0 Å². The normalized spacial score (nSPS) is 13.8. The Morgan fingerprint density at radius 1 is 0.957 bits per heavy atom. The van der Waals surface area contributed by atoms with Crippen LogP contribution in [0.2, 0.25) is 0 Å². The van der Waals surface area contributed by atoms with Gasteiger partial charge in [-0.3, -0.25) is 0 Å². The summed E-state index contributed by atoms with van der Waals surface area (Å²) < 4.78 is 10.3. The number of ether oxygens (including phenoxy) is 2. The van der Waals surface area contributed by atoms with Crippen LogP contribution in [0.4, 0.5) is 0 Å². The Bertz CT molecular complexity index is 305. The predicted molar refractivity (Wildman–Crippen MR) is 93.2 cm³/mol. The molecule has 0 unspecified atom stereocenters. The zero-order valence-electron chi connectivity index (χ0n) is 15.1. The second kappa shape index (κ2) is 16.1. The summed E-state index contributed by atoms with van der Waals surface area (Å²) in [5.74, 6) is 0. The first-order valence-corrected chi connectivity index (χ1v) is 8.95. The first-order chi connectivity index (χ1) is 11.2. The molecule has 0 heterocycles. The molecule has 136 valence electrons. The summed E-state index contributed by atoms with van der Waals surface area (Å²) in [4.78, 5) is 2.89. The van der Waals surface area contributed by atoms with Gasteiger partial charge >= 0.3 is 0 Å². The number of nitrogens with zero attached hydrogens (tertiary/aromatic N) is 3. The minimum atomic E-state index is -0.398. The maximum atomic E-state index is 10.1. The number of rotatable bonds is 16. The van der Waals surface area contributed by atoms with Crippen LogP contribution in [0.3, 0.4) is 0 Å². The van der Waals surface area contributed by atoms with Crippen molar-refractivity contribution >= 4 is 0 Å². The van der Waals surface area contributed by atoms with E-state index in [1.165, 1.54) is 38.5 Å². The van der Waals surface area contributed by atoms with Gasteiger partial charge in [-0.15, -0.1) is 0 Å². The molecule has 0 aromatic rings. The van der Waals surface area contributed by atoms with Gasteiger partial charge in [0, 0.05) is 25.2 Å². The van der Waals surface area contributed by atoms with Crippen molar-refractivity contribution in [2.75, 3.05) is 14.2 Å². The Labute approximate surface area is 141 Å². The molecule has 0 saturated heterocycles. The Balaban J connectivity index is 3.87. The SMILES string of the molecule is CCCCCCCCC[C@@H](O)C[C@H](CCC(OC)OC)N=[N+]=[N-]. The van der Waals surface area contributed by atoms with Crippen molar-refractivity contribution in [3.63, 3.8) is 0 Å². The molecule has 6 heteroatoms. The molecular weight excluding hydrogens is 294 g/mol. The highest BCUT2D eigenvalue weighted by Gasteiger charge is 2.15. The molecule has 0 spiro atoms. The topological polar surface area (TPSA) is 87.5 Å². The summed E-state index contributed by atoms with van der Waals surface area (Å²) in [6, 6.07) is -0.202. The number of aliphatic hydroxyl groups is 1. The zero-order chi connectivity index (χ0) is 17.3. The molecule has 0 aromatic carbocycles. The lowest BCUT2D eigenvalue weighted by Crippen LogP contribution is -2.20. The van der Waals surface area contributed by atoms with E-state index in [4.69, 9.17) is 15.0 Å². The summed E-state index contributed by atoms with van der Waals surface area (Å²) in [6.45, 7) is 2.22.